The van der Waals surface area contributed by atoms with Crippen LogP contribution in [-0.2, 0) is 17.4 Å². The molecular formula is C17H13ClKN3O2S. The minimum atomic E-state index is -0.592. The van der Waals surface area contributed by atoms with Crippen molar-refractivity contribution in [2.24, 2.45) is 0 Å². The summed E-state index contributed by atoms with van der Waals surface area (Å²) in [4.78, 5) is 12.2. The van der Waals surface area contributed by atoms with Crippen molar-refractivity contribution in [3.05, 3.63) is 64.2 Å². The van der Waals surface area contributed by atoms with Gasteiger partial charge in [0.2, 0.25) is 0 Å². The number of ether oxygens (including phenoxy) is 1. The van der Waals surface area contributed by atoms with E-state index in [9.17, 15) is 10.1 Å². The number of carbonyl (C=O) groups excluding carboxylic acids is 1. The van der Waals surface area contributed by atoms with Crippen molar-refractivity contribution in [1.82, 2.24) is 0 Å². The first-order valence-corrected chi connectivity index (χ1v) is 7.61. The fourth-order valence-corrected chi connectivity index (χ4v) is 2.18. The molecule has 0 bridgehead atoms. The van der Waals surface area contributed by atoms with Gasteiger partial charge in [0, 0.05) is 16.4 Å². The Kier molecular flexibility index (Phi) is 9.46. The molecule has 25 heavy (non-hydrogen) atoms. The molecule has 0 unspecified atom stereocenters. The van der Waals surface area contributed by atoms with Crippen LogP contribution in [0.15, 0.2) is 59.1 Å². The van der Waals surface area contributed by atoms with Gasteiger partial charge in [-0.05, 0) is 48.5 Å². The molecule has 2 N–H and O–H groups in total. The van der Waals surface area contributed by atoms with Crippen molar-refractivity contribution in [2.75, 3.05) is 17.7 Å². The third kappa shape index (κ3) is 6.60. The molecule has 0 aliphatic carbocycles. The minimum absolute atomic E-state index is 0. The van der Waals surface area contributed by atoms with Gasteiger partial charge in [-0.3, -0.25) is 4.79 Å². The van der Waals surface area contributed by atoms with E-state index in [0.29, 0.717) is 22.1 Å². The molecule has 0 spiro atoms. The number of amides is 1. The number of rotatable bonds is 5. The van der Waals surface area contributed by atoms with Crippen LogP contribution in [-0.4, -0.2) is 13.0 Å². The van der Waals surface area contributed by atoms with Gasteiger partial charge in [-0.15, -0.1) is 0 Å². The van der Waals surface area contributed by atoms with E-state index in [1.165, 1.54) is 0 Å². The van der Waals surface area contributed by atoms with Gasteiger partial charge in [0.05, 0.1) is 7.11 Å². The summed E-state index contributed by atoms with van der Waals surface area (Å²) in [7, 11) is 1.57. The molecule has 0 atom stereocenters. The Morgan fingerprint density at radius 3 is 2.12 bits per heavy atom. The van der Waals surface area contributed by atoms with Gasteiger partial charge in [0.15, 0.2) is 0 Å². The van der Waals surface area contributed by atoms with E-state index in [1.54, 1.807) is 55.6 Å². The smallest absolute Gasteiger partial charge is 0.761 e. The number of methoxy groups -OCH3 is 1. The van der Waals surface area contributed by atoms with Crippen LogP contribution in [0.25, 0.3) is 0 Å². The first-order chi connectivity index (χ1) is 11.5. The summed E-state index contributed by atoms with van der Waals surface area (Å²) < 4.78 is 5.06. The van der Waals surface area contributed by atoms with Gasteiger partial charge in [0.1, 0.15) is 17.4 Å². The summed E-state index contributed by atoms with van der Waals surface area (Å²) in [6, 6.07) is 15.3. The predicted molar refractivity (Wildman–Crippen MR) is 96.7 cm³/mol. The third-order valence-electron chi connectivity index (χ3n) is 3.02. The second-order valence-electron chi connectivity index (χ2n) is 4.63. The first-order valence-electron chi connectivity index (χ1n) is 6.83. The predicted octanol–water partition coefficient (Wildman–Crippen LogP) is 0.685. The van der Waals surface area contributed by atoms with Gasteiger partial charge >= 0.3 is 51.4 Å². The molecule has 2 aromatic carbocycles. The van der Waals surface area contributed by atoms with E-state index in [1.807, 2.05) is 6.07 Å². The monoisotopic (exact) mass is 397 g/mol. The van der Waals surface area contributed by atoms with Crippen molar-refractivity contribution in [3.8, 4) is 11.8 Å². The molecular weight excluding hydrogens is 385 g/mol. The van der Waals surface area contributed by atoms with Crippen LogP contribution in [0.2, 0.25) is 5.02 Å². The number of anilines is 2. The number of hydrogen-bond acceptors (Lipinski definition) is 5. The second kappa shape index (κ2) is 10.8. The van der Waals surface area contributed by atoms with Gasteiger partial charge in [-0.1, -0.05) is 16.6 Å². The zero-order valence-electron chi connectivity index (χ0n) is 13.7. The molecule has 0 heterocycles. The van der Waals surface area contributed by atoms with Crippen molar-refractivity contribution in [2.45, 2.75) is 0 Å². The van der Waals surface area contributed by atoms with Crippen molar-refractivity contribution in [3.63, 3.8) is 0 Å². The molecule has 0 saturated carbocycles. The number of benzene rings is 2. The zero-order valence-corrected chi connectivity index (χ0v) is 18.4. The first kappa shape index (κ1) is 21.9. The summed E-state index contributed by atoms with van der Waals surface area (Å²) in [6.07, 6.45) is 0. The number of hydrogen-bond donors (Lipinski definition) is 2. The summed E-state index contributed by atoms with van der Waals surface area (Å²) in [5.74, 6) is 0.0993. The Morgan fingerprint density at radius 1 is 1.08 bits per heavy atom. The molecule has 0 fully saturated rings. The standard InChI is InChI=1S/C17H14ClN3O2S.K/c1-23-14-8-6-13(7-9-14)21-17(24)15(10-19)16(22)20-12-4-2-11(18)3-5-12;/h2-9,21,24H,1H3,(H,20,22);/q;+1/p-1/b17-15+;. The number of nitrogens with zero attached hydrogens (tertiary/aromatic N) is 1. The molecule has 2 rings (SSSR count). The molecule has 1 amide bonds. The van der Waals surface area contributed by atoms with E-state index in [-0.39, 0.29) is 62.0 Å². The fraction of sp³-hybridized carbons (Fsp3) is 0.0588. The topological polar surface area (TPSA) is 74.1 Å². The number of nitriles is 1. The van der Waals surface area contributed by atoms with E-state index in [0.717, 1.165) is 0 Å². The Bertz CT molecular complexity index is 802. The van der Waals surface area contributed by atoms with E-state index in [2.05, 4.69) is 10.6 Å². The Hall–Kier alpha value is -1.11. The van der Waals surface area contributed by atoms with E-state index in [4.69, 9.17) is 29.0 Å². The van der Waals surface area contributed by atoms with Crippen LogP contribution in [0.3, 0.4) is 0 Å². The summed E-state index contributed by atoms with van der Waals surface area (Å²) >= 11 is 10.9. The largest absolute Gasteiger partial charge is 1.00 e. The van der Waals surface area contributed by atoms with Crippen LogP contribution in [0, 0.1) is 11.3 Å². The van der Waals surface area contributed by atoms with E-state index >= 15 is 0 Å². The molecule has 2 aromatic rings. The number of carbonyl (C=O) groups is 1. The van der Waals surface area contributed by atoms with Crippen LogP contribution in [0.4, 0.5) is 11.4 Å². The maximum atomic E-state index is 12.2. The molecule has 0 aromatic heterocycles. The van der Waals surface area contributed by atoms with E-state index < -0.39 is 5.91 Å². The average molecular weight is 398 g/mol. The summed E-state index contributed by atoms with van der Waals surface area (Å²) in [6.45, 7) is 0. The van der Waals surface area contributed by atoms with Gasteiger partial charge in [0.25, 0.3) is 5.91 Å². The molecule has 0 saturated heterocycles. The van der Waals surface area contributed by atoms with Crippen LogP contribution in [0.1, 0.15) is 0 Å². The maximum absolute atomic E-state index is 12.2. The van der Waals surface area contributed by atoms with Crippen LogP contribution >= 0.6 is 11.6 Å². The average Bonchev–Trinajstić information content (AvgIpc) is 2.58. The van der Waals surface area contributed by atoms with Crippen molar-refractivity contribution >= 4 is 41.5 Å². The normalized spacial score (nSPS) is 10.6. The van der Waals surface area contributed by atoms with Crippen molar-refractivity contribution in [1.29, 1.82) is 5.26 Å². The Morgan fingerprint density at radius 2 is 1.60 bits per heavy atom. The number of halogens is 1. The maximum Gasteiger partial charge on any atom is 1.00 e. The molecule has 0 radical (unpaired) electrons. The van der Waals surface area contributed by atoms with Gasteiger partial charge in [-0.2, -0.15) is 5.26 Å². The number of nitrogens with one attached hydrogen (secondary N) is 2. The van der Waals surface area contributed by atoms with Gasteiger partial charge in [-0.25, -0.2) is 0 Å². The minimum Gasteiger partial charge on any atom is -0.761 e. The molecule has 122 valence electrons. The summed E-state index contributed by atoms with van der Waals surface area (Å²) in [5.41, 5.74) is 0.980. The molecule has 5 nitrogen and oxygen atoms in total. The Balaban J connectivity index is 0.00000312. The second-order valence-corrected chi connectivity index (χ2v) is 5.48. The SMILES string of the molecule is COc1ccc(N/C([S-])=C(/C#N)C(=O)Nc2ccc(Cl)cc2)cc1.[K+]. The van der Waals surface area contributed by atoms with Crippen molar-refractivity contribution < 1.29 is 60.9 Å². The molecule has 8 heteroatoms. The van der Waals surface area contributed by atoms with Crippen LogP contribution < -0.4 is 66.8 Å². The molecule has 0 aliphatic rings. The third-order valence-corrected chi connectivity index (χ3v) is 3.57. The van der Waals surface area contributed by atoms with Gasteiger partial charge < -0.3 is 28.0 Å². The zero-order chi connectivity index (χ0) is 17.5. The quantitative estimate of drug-likeness (QED) is 0.336. The Labute approximate surface area is 199 Å². The van der Waals surface area contributed by atoms with Crippen LogP contribution in [0.5, 0.6) is 5.75 Å². The fourth-order valence-electron chi connectivity index (χ4n) is 1.80. The summed E-state index contributed by atoms with van der Waals surface area (Å²) in [5, 5.41) is 15.3. The molecule has 0 aliphatic heterocycles.